The number of ketones is 1. The standard InChI is InChI=1S/C18H17NO3/c1-2-19-11-15(18(21)22)17(20)10-16(19)14-8-7-12-5-3-4-6-13(12)9-14/h3-9,11,16H,2,10H2,1H3,(H,21,22). The molecule has 0 amide bonds. The maximum absolute atomic E-state index is 12.1. The van der Waals surface area contributed by atoms with E-state index in [4.69, 9.17) is 5.11 Å². The lowest BCUT2D eigenvalue weighted by Crippen LogP contribution is -2.33. The van der Waals surface area contributed by atoms with Crippen LogP contribution in [0.15, 0.2) is 54.2 Å². The summed E-state index contributed by atoms with van der Waals surface area (Å²) in [5, 5.41) is 11.4. The number of carboxylic acids is 1. The molecule has 0 spiro atoms. The number of nitrogens with zero attached hydrogens (tertiary/aromatic N) is 1. The first kappa shape index (κ1) is 14.3. The van der Waals surface area contributed by atoms with E-state index in [1.54, 1.807) is 0 Å². The van der Waals surface area contributed by atoms with E-state index >= 15 is 0 Å². The smallest absolute Gasteiger partial charge is 0.340 e. The molecule has 4 heteroatoms. The Hall–Kier alpha value is -2.62. The molecule has 112 valence electrons. The summed E-state index contributed by atoms with van der Waals surface area (Å²) in [5.74, 6) is -1.46. The van der Waals surface area contributed by atoms with Gasteiger partial charge in [-0.1, -0.05) is 36.4 Å². The lowest BCUT2D eigenvalue weighted by atomic mass is 9.92. The molecule has 1 atom stereocenters. The maximum atomic E-state index is 12.1. The van der Waals surface area contributed by atoms with Gasteiger partial charge < -0.3 is 10.0 Å². The Kier molecular flexibility index (Phi) is 3.67. The number of fused-ring (bicyclic) bond motifs is 1. The molecule has 1 aliphatic rings. The van der Waals surface area contributed by atoms with Gasteiger partial charge in [-0.2, -0.15) is 0 Å². The number of hydrogen-bond donors (Lipinski definition) is 1. The van der Waals surface area contributed by atoms with E-state index in [0.717, 1.165) is 16.3 Å². The second-order valence-corrected chi connectivity index (χ2v) is 5.43. The van der Waals surface area contributed by atoms with Crippen LogP contribution in [0.25, 0.3) is 10.8 Å². The molecule has 4 nitrogen and oxygen atoms in total. The monoisotopic (exact) mass is 295 g/mol. The molecule has 1 N–H and O–H groups in total. The zero-order chi connectivity index (χ0) is 15.7. The van der Waals surface area contributed by atoms with Crippen molar-refractivity contribution in [1.82, 2.24) is 4.90 Å². The molecule has 2 aromatic rings. The molecule has 0 fully saturated rings. The highest BCUT2D eigenvalue weighted by atomic mass is 16.4. The molecule has 0 saturated heterocycles. The van der Waals surface area contributed by atoms with Gasteiger partial charge in [0.1, 0.15) is 5.57 Å². The quantitative estimate of drug-likeness (QED) is 0.884. The predicted octanol–water partition coefficient (Wildman–Crippen LogP) is 3.14. The van der Waals surface area contributed by atoms with E-state index in [-0.39, 0.29) is 23.8 Å². The number of hydrogen-bond acceptors (Lipinski definition) is 3. The average molecular weight is 295 g/mol. The van der Waals surface area contributed by atoms with Gasteiger partial charge in [-0.3, -0.25) is 4.79 Å². The van der Waals surface area contributed by atoms with Crippen molar-refractivity contribution >= 4 is 22.5 Å². The van der Waals surface area contributed by atoms with Gasteiger partial charge in [0.25, 0.3) is 0 Å². The number of benzene rings is 2. The molecule has 0 aromatic heterocycles. The van der Waals surface area contributed by atoms with Crippen molar-refractivity contribution in [2.24, 2.45) is 0 Å². The second kappa shape index (κ2) is 5.64. The van der Waals surface area contributed by atoms with Crippen LogP contribution in [0.3, 0.4) is 0 Å². The van der Waals surface area contributed by atoms with Crippen LogP contribution >= 0.6 is 0 Å². The van der Waals surface area contributed by atoms with E-state index in [2.05, 4.69) is 6.07 Å². The molecule has 0 aliphatic carbocycles. The van der Waals surface area contributed by atoms with Gasteiger partial charge in [0, 0.05) is 19.2 Å². The highest BCUT2D eigenvalue weighted by Gasteiger charge is 2.31. The van der Waals surface area contributed by atoms with E-state index in [1.165, 1.54) is 6.20 Å². The summed E-state index contributed by atoms with van der Waals surface area (Å²) < 4.78 is 0. The van der Waals surface area contributed by atoms with Gasteiger partial charge in [0.2, 0.25) is 0 Å². The van der Waals surface area contributed by atoms with Crippen LogP contribution in [0, 0.1) is 0 Å². The van der Waals surface area contributed by atoms with Crippen molar-refractivity contribution < 1.29 is 14.7 Å². The van der Waals surface area contributed by atoms with Crippen molar-refractivity contribution in [3.8, 4) is 0 Å². The fourth-order valence-electron chi connectivity index (χ4n) is 2.94. The third-order valence-corrected chi connectivity index (χ3v) is 4.13. The molecule has 1 heterocycles. The molecule has 2 aromatic carbocycles. The normalized spacial score (nSPS) is 18.4. The minimum absolute atomic E-state index is 0.106. The first-order chi connectivity index (χ1) is 10.6. The largest absolute Gasteiger partial charge is 0.478 e. The number of carbonyl (C=O) groups excluding carboxylic acids is 1. The molecule has 1 unspecified atom stereocenters. The first-order valence-corrected chi connectivity index (χ1v) is 7.33. The third-order valence-electron chi connectivity index (χ3n) is 4.13. The van der Waals surface area contributed by atoms with Crippen molar-refractivity contribution in [3.63, 3.8) is 0 Å². The average Bonchev–Trinajstić information content (AvgIpc) is 2.53. The van der Waals surface area contributed by atoms with Crippen LogP contribution in [-0.2, 0) is 9.59 Å². The molecular weight excluding hydrogens is 278 g/mol. The van der Waals surface area contributed by atoms with E-state index in [9.17, 15) is 9.59 Å². The van der Waals surface area contributed by atoms with Gasteiger partial charge in [-0.05, 0) is 29.3 Å². The molecule has 0 bridgehead atoms. The summed E-state index contributed by atoms with van der Waals surface area (Å²) in [4.78, 5) is 25.1. The van der Waals surface area contributed by atoms with Crippen LogP contribution in [0.4, 0.5) is 0 Å². The molecule has 22 heavy (non-hydrogen) atoms. The van der Waals surface area contributed by atoms with E-state index < -0.39 is 5.97 Å². The van der Waals surface area contributed by atoms with Gasteiger partial charge >= 0.3 is 5.97 Å². The van der Waals surface area contributed by atoms with E-state index in [0.29, 0.717) is 6.54 Å². The van der Waals surface area contributed by atoms with Crippen molar-refractivity contribution in [2.75, 3.05) is 6.54 Å². The fourth-order valence-corrected chi connectivity index (χ4v) is 2.94. The Balaban J connectivity index is 2.02. The maximum Gasteiger partial charge on any atom is 0.340 e. The van der Waals surface area contributed by atoms with Crippen molar-refractivity contribution in [1.29, 1.82) is 0 Å². The van der Waals surface area contributed by atoms with Gasteiger partial charge in [0.05, 0.1) is 6.04 Å². The zero-order valence-corrected chi connectivity index (χ0v) is 12.3. The summed E-state index contributed by atoms with van der Waals surface area (Å²) in [6.07, 6.45) is 1.68. The predicted molar refractivity (Wildman–Crippen MR) is 84.4 cm³/mol. The Morgan fingerprint density at radius 1 is 1.23 bits per heavy atom. The van der Waals surface area contributed by atoms with Crippen molar-refractivity contribution in [2.45, 2.75) is 19.4 Å². The van der Waals surface area contributed by atoms with Crippen molar-refractivity contribution in [3.05, 3.63) is 59.8 Å². The van der Waals surface area contributed by atoms with Gasteiger partial charge in [-0.25, -0.2) is 4.79 Å². The molecule has 1 aliphatic heterocycles. The topological polar surface area (TPSA) is 57.6 Å². The van der Waals surface area contributed by atoms with Gasteiger partial charge in [0.15, 0.2) is 5.78 Å². The summed E-state index contributed by atoms with van der Waals surface area (Å²) in [5.41, 5.74) is 0.911. The first-order valence-electron chi connectivity index (χ1n) is 7.33. The highest BCUT2D eigenvalue weighted by molar-refractivity contribution is 6.17. The Labute approximate surface area is 128 Å². The lowest BCUT2D eigenvalue weighted by molar-refractivity contribution is -0.135. The summed E-state index contributed by atoms with van der Waals surface area (Å²) in [7, 11) is 0. The Morgan fingerprint density at radius 3 is 2.64 bits per heavy atom. The number of rotatable bonds is 3. The molecule has 3 rings (SSSR count). The number of Topliss-reactive ketones (excluding diaryl/α,β-unsaturated/α-hetero) is 1. The summed E-state index contributed by atoms with van der Waals surface area (Å²) in [6.45, 7) is 2.61. The minimum Gasteiger partial charge on any atom is -0.478 e. The van der Waals surface area contributed by atoms with Crippen LogP contribution in [-0.4, -0.2) is 28.3 Å². The number of aliphatic carboxylic acids is 1. The van der Waals surface area contributed by atoms with Crippen LogP contribution < -0.4 is 0 Å². The Bertz CT molecular complexity index is 779. The Morgan fingerprint density at radius 2 is 1.95 bits per heavy atom. The second-order valence-electron chi connectivity index (χ2n) is 5.43. The zero-order valence-electron chi connectivity index (χ0n) is 12.3. The lowest BCUT2D eigenvalue weighted by Gasteiger charge is -2.33. The van der Waals surface area contributed by atoms with E-state index in [1.807, 2.05) is 48.2 Å². The summed E-state index contributed by atoms with van der Waals surface area (Å²) in [6, 6.07) is 14.1. The highest BCUT2D eigenvalue weighted by Crippen LogP contribution is 2.32. The summed E-state index contributed by atoms with van der Waals surface area (Å²) >= 11 is 0. The SMILES string of the molecule is CCN1C=C(C(=O)O)C(=O)CC1c1ccc2ccccc2c1. The third kappa shape index (κ3) is 2.48. The van der Waals surface area contributed by atoms with Crippen LogP contribution in [0.5, 0.6) is 0 Å². The molecule has 0 saturated carbocycles. The van der Waals surface area contributed by atoms with Gasteiger partial charge in [-0.15, -0.1) is 0 Å². The van der Waals surface area contributed by atoms with Crippen LogP contribution in [0.1, 0.15) is 24.9 Å². The molecule has 0 radical (unpaired) electrons. The number of carboxylic acid groups (broad SMARTS) is 1. The fraction of sp³-hybridized carbons (Fsp3) is 0.222. The minimum atomic E-state index is -1.15. The number of carbonyl (C=O) groups is 2. The van der Waals surface area contributed by atoms with Crippen LogP contribution in [0.2, 0.25) is 0 Å². The molecular formula is C18H17NO3.